The van der Waals surface area contributed by atoms with Gasteiger partial charge in [0.05, 0.1) is 18.1 Å². The maximum absolute atomic E-state index is 13.5. The molecule has 2 aromatic rings. The van der Waals surface area contributed by atoms with Crippen LogP contribution in [0.3, 0.4) is 0 Å². The van der Waals surface area contributed by atoms with Gasteiger partial charge in [-0.3, -0.25) is 19.8 Å². The van der Waals surface area contributed by atoms with E-state index in [0.717, 1.165) is 13.1 Å². The molecule has 0 bridgehead atoms. The number of rotatable bonds is 11. The average molecular weight is 479 g/mol. The fourth-order valence-corrected chi connectivity index (χ4v) is 4.49. The normalized spacial score (nSPS) is 16.9. The van der Waals surface area contributed by atoms with E-state index in [9.17, 15) is 19.5 Å². The van der Waals surface area contributed by atoms with Gasteiger partial charge in [-0.25, -0.2) is 4.57 Å². The number of para-hydroxylation sites is 1. The topological polar surface area (TPSA) is 129 Å². The lowest BCUT2D eigenvalue weighted by Crippen LogP contribution is -2.40. The highest BCUT2D eigenvalue weighted by atomic mass is 31.2. The van der Waals surface area contributed by atoms with Crippen LogP contribution in [-0.4, -0.2) is 61.3 Å². The lowest BCUT2D eigenvalue weighted by atomic mass is 10.3. The molecular weight excluding hydrogens is 453 g/mol. The predicted molar refractivity (Wildman–Crippen MR) is 119 cm³/mol. The number of benzene rings is 2. The number of nitrogens with zero attached hydrogens (tertiary/aromatic N) is 2. The van der Waals surface area contributed by atoms with E-state index >= 15 is 0 Å². The fraction of sp³-hybridized carbons (Fsp3) is 0.381. The van der Waals surface area contributed by atoms with E-state index in [-0.39, 0.29) is 23.8 Å². The van der Waals surface area contributed by atoms with Crippen molar-refractivity contribution in [2.24, 2.45) is 0 Å². The number of nitro groups is 1. The van der Waals surface area contributed by atoms with Crippen LogP contribution in [0, 0.1) is 10.1 Å². The Morgan fingerprint density at radius 1 is 1.12 bits per heavy atom. The molecule has 1 heterocycles. The standard InChI is InChI=1S/C21H26N3O8P/c1-17(21(25)30-16-13-23-11-14-29-15-12-23)22-33(28,31-19-5-3-2-4-6-19)32-20-9-7-18(8-10-20)24(26)27/h2-10,17H,11-16H2,1H3,(H,22,28). The van der Waals surface area contributed by atoms with Crippen LogP contribution in [0.15, 0.2) is 54.6 Å². The molecule has 1 aliphatic heterocycles. The second-order valence-electron chi connectivity index (χ2n) is 7.22. The number of hydrogen-bond acceptors (Lipinski definition) is 9. The monoisotopic (exact) mass is 479 g/mol. The highest BCUT2D eigenvalue weighted by molar-refractivity contribution is 7.52. The van der Waals surface area contributed by atoms with Crippen molar-refractivity contribution in [3.05, 3.63) is 64.7 Å². The molecule has 33 heavy (non-hydrogen) atoms. The first-order chi connectivity index (χ1) is 15.8. The van der Waals surface area contributed by atoms with Gasteiger partial charge in [-0.05, 0) is 31.2 Å². The molecule has 178 valence electrons. The van der Waals surface area contributed by atoms with E-state index in [0.29, 0.717) is 19.8 Å². The van der Waals surface area contributed by atoms with Gasteiger partial charge in [0.15, 0.2) is 0 Å². The third kappa shape index (κ3) is 7.83. The number of ether oxygens (including phenoxy) is 2. The summed E-state index contributed by atoms with van der Waals surface area (Å²) >= 11 is 0. The SMILES string of the molecule is CC(NP(=O)(Oc1ccccc1)Oc1ccc([N+](=O)[O-])cc1)C(=O)OCCN1CCOCC1. The number of nitro benzene ring substituents is 1. The maximum atomic E-state index is 13.5. The summed E-state index contributed by atoms with van der Waals surface area (Å²) in [7, 11) is -4.12. The number of hydrogen-bond donors (Lipinski definition) is 1. The van der Waals surface area contributed by atoms with E-state index in [1.54, 1.807) is 30.3 Å². The fourth-order valence-electron chi connectivity index (χ4n) is 2.97. The van der Waals surface area contributed by atoms with E-state index in [4.69, 9.17) is 18.5 Å². The zero-order valence-corrected chi connectivity index (χ0v) is 19.0. The van der Waals surface area contributed by atoms with Crippen molar-refractivity contribution in [3.8, 4) is 11.5 Å². The minimum absolute atomic E-state index is 0.0697. The molecule has 1 N–H and O–H groups in total. The third-order valence-electron chi connectivity index (χ3n) is 4.70. The van der Waals surface area contributed by atoms with Gasteiger partial charge in [0.2, 0.25) is 0 Å². The van der Waals surface area contributed by atoms with Gasteiger partial charge >= 0.3 is 13.7 Å². The lowest BCUT2D eigenvalue weighted by Gasteiger charge is -2.26. The number of esters is 1. The Morgan fingerprint density at radius 3 is 2.33 bits per heavy atom. The van der Waals surface area contributed by atoms with E-state index in [1.165, 1.54) is 31.2 Å². The van der Waals surface area contributed by atoms with Crippen LogP contribution in [0.5, 0.6) is 11.5 Å². The van der Waals surface area contributed by atoms with Gasteiger partial charge < -0.3 is 18.5 Å². The van der Waals surface area contributed by atoms with Crippen molar-refractivity contribution in [3.63, 3.8) is 0 Å². The Hall–Kier alpha value is -2.98. The minimum atomic E-state index is -4.12. The molecule has 2 atom stereocenters. The first-order valence-corrected chi connectivity index (χ1v) is 11.9. The van der Waals surface area contributed by atoms with Gasteiger partial charge in [-0.1, -0.05) is 18.2 Å². The Balaban J connectivity index is 1.64. The van der Waals surface area contributed by atoms with Crippen molar-refractivity contribution >= 4 is 19.4 Å². The maximum Gasteiger partial charge on any atom is 0.513 e. The molecule has 12 heteroatoms. The first kappa shape index (κ1) is 24.7. The number of nitrogens with one attached hydrogen (secondary N) is 1. The highest BCUT2D eigenvalue weighted by Crippen LogP contribution is 2.45. The summed E-state index contributed by atoms with van der Waals surface area (Å²) in [6.07, 6.45) is 0. The molecule has 0 aliphatic carbocycles. The van der Waals surface area contributed by atoms with Crippen LogP contribution >= 0.6 is 7.75 Å². The second-order valence-corrected chi connectivity index (χ2v) is 8.83. The summed E-state index contributed by atoms with van der Waals surface area (Å²) in [6.45, 7) is 5.06. The van der Waals surface area contributed by atoms with Crippen LogP contribution in [0.2, 0.25) is 0 Å². The summed E-state index contributed by atoms with van der Waals surface area (Å²) in [5.41, 5.74) is -0.147. The zero-order chi connectivity index (χ0) is 23.7. The molecule has 1 fully saturated rings. The van der Waals surface area contributed by atoms with Crippen LogP contribution in [0.1, 0.15) is 6.92 Å². The molecule has 0 amide bonds. The molecule has 3 rings (SSSR count). The Labute approximate surface area is 191 Å². The van der Waals surface area contributed by atoms with E-state index in [2.05, 4.69) is 9.99 Å². The van der Waals surface area contributed by atoms with Crippen LogP contribution in [-0.2, 0) is 18.8 Å². The number of carbonyl (C=O) groups excluding carboxylic acids is 1. The quantitative estimate of drug-likeness (QED) is 0.222. The molecule has 0 aromatic heterocycles. The van der Waals surface area contributed by atoms with Crippen LogP contribution in [0.25, 0.3) is 0 Å². The zero-order valence-electron chi connectivity index (χ0n) is 18.1. The van der Waals surface area contributed by atoms with Crippen molar-refractivity contribution in [1.29, 1.82) is 0 Å². The lowest BCUT2D eigenvalue weighted by molar-refractivity contribution is -0.384. The molecule has 2 aromatic carbocycles. The summed E-state index contributed by atoms with van der Waals surface area (Å²) in [5.74, 6) is -0.296. The van der Waals surface area contributed by atoms with Gasteiger partial charge in [0, 0.05) is 31.8 Å². The molecule has 0 radical (unpaired) electrons. The molecule has 0 spiro atoms. The molecule has 2 unspecified atom stereocenters. The summed E-state index contributed by atoms with van der Waals surface area (Å²) < 4.78 is 35.2. The molecule has 1 saturated heterocycles. The van der Waals surface area contributed by atoms with Crippen molar-refractivity contribution in [2.45, 2.75) is 13.0 Å². The average Bonchev–Trinajstić information content (AvgIpc) is 2.80. The Bertz CT molecular complexity index is 967. The minimum Gasteiger partial charge on any atom is -0.463 e. The summed E-state index contributed by atoms with van der Waals surface area (Å²) in [4.78, 5) is 24.9. The highest BCUT2D eigenvalue weighted by Gasteiger charge is 2.34. The van der Waals surface area contributed by atoms with Crippen LogP contribution in [0.4, 0.5) is 5.69 Å². The van der Waals surface area contributed by atoms with Gasteiger partial charge in [0.1, 0.15) is 24.1 Å². The molecular formula is C21H26N3O8P. The first-order valence-electron chi connectivity index (χ1n) is 10.4. The van der Waals surface area contributed by atoms with Gasteiger partial charge in [-0.15, -0.1) is 0 Å². The third-order valence-corrected chi connectivity index (χ3v) is 6.31. The molecule has 11 nitrogen and oxygen atoms in total. The smallest absolute Gasteiger partial charge is 0.463 e. The van der Waals surface area contributed by atoms with Crippen LogP contribution < -0.4 is 14.1 Å². The summed E-state index contributed by atoms with van der Waals surface area (Å²) in [5, 5.41) is 13.4. The molecule has 0 saturated carbocycles. The predicted octanol–water partition coefficient (Wildman–Crippen LogP) is 3.01. The van der Waals surface area contributed by atoms with E-state index in [1.807, 2.05) is 0 Å². The van der Waals surface area contributed by atoms with Gasteiger partial charge in [0.25, 0.3) is 5.69 Å². The number of non-ortho nitro benzene ring substituents is 1. The second kappa shape index (κ2) is 11.8. The van der Waals surface area contributed by atoms with E-state index < -0.39 is 24.7 Å². The van der Waals surface area contributed by atoms with Crippen molar-refractivity contribution in [2.75, 3.05) is 39.5 Å². The number of carbonyl (C=O) groups is 1. The largest absolute Gasteiger partial charge is 0.513 e. The summed E-state index contributed by atoms with van der Waals surface area (Å²) in [6, 6.07) is 12.3. The van der Waals surface area contributed by atoms with Crippen molar-refractivity contribution < 1.29 is 32.8 Å². The Morgan fingerprint density at radius 2 is 1.73 bits per heavy atom. The number of morpholine rings is 1. The van der Waals surface area contributed by atoms with Crippen molar-refractivity contribution in [1.82, 2.24) is 9.99 Å². The Kier molecular flexibility index (Phi) is 8.79. The molecule has 1 aliphatic rings. The van der Waals surface area contributed by atoms with Gasteiger partial charge in [-0.2, -0.15) is 5.09 Å².